The summed E-state index contributed by atoms with van der Waals surface area (Å²) < 4.78 is 0. The van der Waals surface area contributed by atoms with Gasteiger partial charge < -0.3 is 0 Å². The highest BCUT2D eigenvalue weighted by Gasteiger charge is 2.18. The number of benzene rings is 10. The Hall–Kier alpha value is -7.16. The van der Waals surface area contributed by atoms with Gasteiger partial charge in [-0.25, -0.2) is 9.97 Å². The fourth-order valence-electron chi connectivity index (χ4n) is 8.42. The second kappa shape index (κ2) is 12.2. The molecule has 0 amide bonds. The highest BCUT2D eigenvalue weighted by molar-refractivity contribution is 6.26. The molecule has 11 aromatic rings. The molecule has 0 saturated carbocycles. The van der Waals surface area contributed by atoms with Crippen LogP contribution in [0.4, 0.5) is 0 Å². The standard InChI is InChI=1S/C52H32N2/c1-2-12-36(13-3-1)49-50(54-52-47-21-11-9-18-43(47)42-17-8-10-20-46(42)51(52)53-49)37-28-26-34(27-29-37)33-22-24-35(25-23-33)38-30-31-45-41-16-5-4-14-39(41)40-15-6-7-19-44(40)48(45)32-38/h1-32H. The molecule has 250 valence electrons. The summed E-state index contributed by atoms with van der Waals surface area (Å²) >= 11 is 0. The molecular formula is C52H32N2. The first-order valence-electron chi connectivity index (χ1n) is 18.5. The van der Waals surface area contributed by atoms with Crippen molar-refractivity contribution in [1.29, 1.82) is 0 Å². The molecule has 0 bridgehead atoms. The van der Waals surface area contributed by atoms with E-state index in [1.165, 1.54) is 59.8 Å². The second-order valence-electron chi connectivity index (χ2n) is 14.1. The van der Waals surface area contributed by atoms with Gasteiger partial charge in [0.1, 0.15) is 0 Å². The highest BCUT2D eigenvalue weighted by atomic mass is 14.8. The first-order valence-corrected chi connectivity index (χ1v) is 18.5. The van der Waals surface area contributed by atoms with Gasteiger partial charge in [-0.15, -0.1) is 0 Å². The van der Waals surface area contributed by atoms with Crippen LogP contribution in [0, 0.1) is 0 Å². The third kappa shape index (κ3) is 4.81. The molecular weight excluding hydrogens is 653 g/mol. The van der Waals surface area contributed by atoms with Crippen LogP contribution in [0.25, 0.3) is 110 Å². The van der Waals surface area contributed by atoms with E-state index in [-0.39, 0.29) is 0 Å². The normalized spacial score (nSPS) is 11.7. The summed E-state index contributed by atoms with van der Waals surface area (Å²) in [6.45, 7) is 0. The second-order valence-corrected chi connectivity index (χ2v) is 14.1. The molecule has 0 spiro atoms. The van der Waals surface area contributed by atoms with Gasteiger partial charge in [-0.1, -0.05) is 188 Å². The number of rotatable bonds is 4. The van der Waals surface area contributed by atoms with Gasteiger partial charge in [0.25, 0.3) is 0 Å². The lowest BCUT2D eigenvalue weighted by Crippen LogP contribution is -1.97. The van der Waals surface area contributed by atoms with E-state index in [0.29, 0.717) is 0 Å². The molecule has 1 heterocycles. The zero-order valence-electron chi connectivity index (χ0n) is 29.4. The van der Waals surface area contributed by atoms with Gasteiger partial charge in [0.05, 0.1) is 22.4 Å². The maximum Gasteiger partial charge on any atom is 0.0979 e. The van der Waals surface area contributed by atoms with Gasteiger partial charge in [0.2, 0.25) is 0 Å². The number of nitrogens with zero attached hydrogens (tertiary/aromatic N) is 2. The monoisotopic (exact) mass is 684 g/mol. The first kappa shape index (κ1) is 30.5. The highest BCUT2D eigenvalue weighted by Crippen LogP contribution is 2.40. The fourth-order valence-corrected chi connectivity index (χ4v) is 8.42. The van der Waals surface area contributed by atoms with Crippen LogP contribution in [0.1, 0.15) is 0 Å². The van der Waals surface area contributed by atoms with Crippen LogP contribution >= 0.6 is 0 Å². The van der Waals surface area contributed by atoms with Crippen LogP contribution in [0.5, 0.6) is 0 Å². The molecule has 54 heavy (non-hydrogen) atoms. The van der Waals surface area contributed by atoms with Crippen molar-refractivity contribution >= 4 is 64.9 Å². The average molecular weight is 685 g/mol. The maximum absolute atomic E-state index is 5.44. The predicted molar refractivity (Wildman–Crippen MR) is 229 cm³/mol. The van der Waals surface area contributed by atoms with Gasteiger partial charge in [-0.2, -0.15) is 0 Å². The summed E-state index contributed by atoms with van der Waals surface area (Å²) in [5.74, 6) is 0. The minimum Gasteiger partial charge on any atom is -0.243 e. The quantitative estimate of drug-likeness (QED) is 0.172. The maximum atomic E-state index is 5.44. The Balaban J connectivity index is 0.993. The van der Waals surface area contributed by atoms with Crippen molar-refractivity contribution in [3.05, 3.63) is 194 Å². The van der Waals surface area contributed by atoms with Crippen LogP contribution in [-0.4, -0.2) is 9.97 Å². The van der Waals surface area contributed by atoms with Crippen molar-refractivity contribution < 1.29 is 0 Å². The Morgan fingerprint density at radius 3 is 0.963 bits per heavy atom. The fraction of sp³-hybridized carbons (Fsp3) is 0. The lowest BCUT2D eigenvalue weighted by atomic mass is 9.91. The van der Waals surface area contributed by atoms with E-state index >= 15 is 0 Å². The summed E-state index contributed by atoms with van der Waals surface area (Å²) in [6, 6.07) is 69.6. The number of hydrogen-bond acceptors (Lipinski definition) is 2. The first-order chi connectivity index (χ1) is 26.8. The van der Waals surface area contributed by atoms with Crippen molar-refractivity contribution in [1.82, 2.24) is 9.97 Å². The van der Waals surface area contributed by atoms with Crippen molar-refractivity contribution in [3.8, 4) is 44.8 Å². The summed E-state index contributed by atoms with van der Waals surface area (Å²) in [7, 11) is 0. The van der Waals surface area contributed by atoms with Crippen molar-refractivity contribution in [2.45, 2.75) is 0 Å². The minimum atomic E-state index is 0.882. The molecule has 10 aromatic carbocycles. The van der Waals surface area contributed by atoms with E-state index in [1.807, 2.05) is 6.07 Å². The lowest BCUT2D eigenvalue weighted by Gasteiger charge is -2.15. The van der Waals surface area contributed by atoms with Crippen LogP contribution in [-0.2, 0) is 0 Å². The minimum absolute atomic E-state index is 0.882. The van der Waals surface area contributed by atoms with Crippen LogP contribution in [0.15, 0.2) is 194 Å². The molecule has 0 radical (unpaired) electrons. The summed E-state index contributed by atoms with van der Waals surface area (Å²) in [5.41, 5.74) is 10.5. The van der Waals surface area contributed by atoms with E-state index in [2.05, 4.69) is 188 Å². The molecule has 11 rings (SSSR count). The number of aromatic nitrogens is 2. The third-order valence-corrected chi connectivity index (χ3v) is 11.1. The molecule has 2 heteroatoms. The van der Waals surface area contributed by atoms with Gasteiger partial charge in [-0.05, 0) is 71.4 Å². The largest absolute Gasteiger partial charge is 0.243 e. The van der Waals surface area contributed by atoms with E-state index in [9.17, 15) is 0 Å². The van der Waals surface area contributed by atoms with E-state index < -0.39 is 0 Å². The Kier molecular flexibility index (Phi) is 6.90. The molecule has 0 aliphatic heterocycles. The van der Waals surface area contributed by atoms with Gasteiger partial charge >= 0.3 is 0 Å². The molecule has 0 fully saturated rings. The van der Waals surface area contributed by atoms with Crippen molar-refractivity contribution in [2.75, 3.05) is 0 Å². The molecule has 2 nitrogen and oxygen atoms in total. The Morgan fingerprint density at radius 1 is 0.204 bits per heavy atom. The predicted octanol–water partition coefficient (Wildman–Crippen LogP) is 14.1. The molecule has 1 aromatic heterocycles. The molecule has 0 N–H and O–H groups in total. The van der Waals surface area contributed by atoms with Crippen LogP contribution in [0.2, 0.25) is 0 Å². The molecule has 0 saturated heterocycles. The Labute approximate surface area is 312 Å². The van der Waals surface area contributed by atoms with E-state index in [1.54, 1.807) is 0 Å². The SMILES string of the molecule is c1ccc(-c2nc3c4ccccc4c4ccccc4c3nc2-c2ccc(-c3ccc(-c4ccc5c6ccccc6c6ccccc6c5c4)cc3)cc2)cc1. The van der Waals surface area contributed by atoms with Crippen LogP contribution in [0.3, 0.4) is 0 Å². The molecule has 0 unspecified atom stereocenters. The summed E-state index contributed by atoms with van der Waals surface area (Å²) in [6.07, 6.45) is 0. The summed E-state index contributed by atoms with van der Waals surface area (Å²) in [5, 5.41) is 12.4. The van der Waals surface area contributed by atoms with Crippen LogP contribution < -0.4 is 0 Å². The van der Waals surface area contributed by atoms with Crippen molar-refractivity contribution in [3.63, 3.8) is 0 Å². The third-order valence-electron chi connectivity index (χ3n) is 11.1. The molecule has 0 aliphatic carbocycles. The van der Waals surface area contributed by atoms with Gasteiger partial charge in [0.15, 0.2) is 0 Å². The van der Waals surface area contributed by atoms with E-state index in [0.717, 1.165) is 49.9 Å². The number of hydrogen-bond donors (Lipinski definition) is 0. The van der Waals surface area contributed by atoms with E-state index in [4.69, 9.17) is 9.97 Å². The smallest absolute Gasteiger partial charge is 0.0979 e. The Bertz CT molecular complexity index is 3200. The van der Waals surface area contributed by atoms with Gasteiger partial charge in [-0.3, -0.25) is 0 Å². The number of fused-ring (bicyclic) bond motifs is 12. The topological polar surface area (TPSA) is 25.8 Å². The average Bonchev–Trinajstić information content (AvgIpc) is 3.26. The zero-order chi connectivity index (χ0) is 35.6. The lowest BCUT2D eigenvalue weighted by molar-refractivity contribution is 1.31. The van der Waals surface area contributed by atoms with Gasteiger partial charge in [0, 0.05) is 21.9 Å². The zero-order valence-corrected chi connectivity index (χ0v) is 29.4. The van der Waals surface area contributed by atoms with Crippen molar-refractivity contribution in [2.24, 2.45) is 0 Å². The Morgan fingerprint density at radius 2 is 0.500 bits per heavy atom. The molecule has 0 aliphatic rings. The summed E-state index contributed by atoms with van der Waals surface area (Å²) in [4.78, 5) is 10.8. The molecule has 0 atom stereocenters.